The van der Waals surface area contributed by atoms with E-state index >= 15 is 0 Å². The van der Waals surface area contributed by atoms with Gasteiger partial charge in [0.1, 0.15) is 30.5 Å². The van der Waals surface area contributed by atoms with Crippen LogP contribution >= 0.6 is 0 Å². The first kappa shape index (κ1) is 17.1. The molecule has 25 heavy (non-hydrogen) atoms. The Balaban J connectivity index is 1.94. The maximum absolute atomic E-state index is 12.6. The molecule has 3 fully saturated rings. The van der Waals surface area contributed by atoms with Gasteiger partial charge in [-0.3, -0.25) is 9.59 Å². The number of fused-ring (bicyclic) bond motifs is 2. The molecule has 2 aliphatic carbocycles. The molecule has 0 aromatic rings. The molecule has 0 amide bonds. The maximum atomic E-state index is 12.6. The lowest BCUT2D eigenvalue weighted by molar-refractivity contribution is -0.256. The Kier molecular flexibility index (Phi) is 3.35. The smallest absolute Gasteiger partial charge is 0.302 e. The Morgan fingerprint density at radius 2 is 2.04 bits per heavy atom. The number of Topliss-reactive ketones (excluding diaryl/α,β-unsaturated/α-hetero) is 1. The minimum atomic E-state index is -1.56. The summed E-state index contributed by atoms with van der Waals surface area (Å²) in [6.07, 6.45) is -4.13. The van der Waals surface area contributed by atoms with E-state index in [1.54, 1.807) is 19.9 Å². The fourth-order valence-corrected chi connectivity index (χ4v) is 5.22. The number of epoxide rings is 1. The van der Waals surface area contributed by atoms with Gasteiger partial charge in [0.15, 0.2) is 5.78 Å². The summed E-state index contributed by atoms with van der Waals surface area (Å²) in [6.45, 7) is 4.35. The minimum Gasteiger partial charge on any atom is -0.465 e. The Morgan fingerprint density at radius 3 is 2.60 bits per heavy atom. The Bertz CT molecular complexity index is 682. The Labute approximate surface area is 144 Å². The van der Waals surface area contributed by atoms with Crippen LogP contribution in [0.4, 0.5) is 0 Å². The zero-order valence-corrected chi connectivity index (χ0v) is 14.3. The molecule has 1 saturated carbocycles. The van der Waals surface area contributed by atoms with Crippen molar-refractivity contribution in [2.45, 2.75) is 56.9 Å². The summed E-state index contributed by atoms with van der Waals surface area (Å²) in [5, 5.41) is 32.3. The van der Waals surface area contributed by atoms with Gasteiger partial charge in [0.2, 0.25) is 0 Å². The van der Waals surface area contributed by atoms with Crippen LogP contribution < -0.4 is 0 Å². The van der Waals surface area contributed by atoms with Crippen molar-refractivity contribution in [1.82, 2.24) is 0 Å². The van der Waals surface area contributed by atoms with Crippen LogP contribution in [0.1, 0.15) is 20.8 Å². The third-order valence-electron chi connectivity index (χ3n) is 6.83. The number of esters is 1. The van der Waals surface area contributed by atoms with Crippen LogP contribution in [0.3, 0.4) is 0 Å². The number of aliphatic hydroxyl groups is 3. The monoisotopic (exact) mass is 354 g/mol. The van der Waals surface area contributed by atoms with Gasteiger partial charge in [0.05, 0.1) is 24.2 Å². The normalized spacial score (nSPS) is 53.4. The summed E-state index contributed by atoms with van der Waals surface area (Å²) < 4.78 is 16.9. The summed E-state index contributed by atoms with van der Waals surface area (Å²) in [5.41, 5.74) is -3.40. The number of carbonyl (C=O) groups is 2. The molecule has 8 heteroatoms. The molecule has 8 nitrogen and oxygen atoms in total. The molecule has 0 aromatic carbocycles. The molecule has 8 atom stereocenters. The van der Waals surface area contributed by atoms with Gasteiger partial charge in [-0.1, -0.05) is 6.92 Å². The van der Waals surface area contributed by atoms with Crippen LogP contribution in [0.5, 0.6) is 0 Å². The van der Waals surface area contributed by atoms with Crippen LogP contribution in [-0.2, 0) is 23.8 Å². The molecule has 2 bridgehead atoms. The Hall–Kier alpha value is -1.32. The van der Waals surface area contributed by atoms with E-state index < -0.39 is 58.7 Å². The van der Waals surface area contributed by atoms with Crippen LogP contribution in [0.25, 0.3) is 0 Å². The first-order valence-electron chi connectivity index (χ1n) is 8.33. The van der Waals surface area contributed by atoms with Crippen molar-refractivity contribution in [2.75, 3.05) is 13.2 Å². The highest BCUT2D eigenvalue weighted by Crippen LogP contribution is 2.71. The van der Waals surface area contributed by atoms with Crippen LogP contribution in [0.2, 0.25) is 0 Å². The highest BCUT2D eigenvalue weighted by molar-refractivity contribution is 6.00. The molecule has 2 aliphatic heterocycles. The third-order valence-corrected chi connectivity index (χ3v) is 6.83. The van der Waals surface area contributed by atoms with Gasteiger partial charge in [-0.05, 0) is 18.6 Å². The van der Waals surface area contributed by atoms with Crippen molar-refractivity contribution >= 4 is 11.8 Å². The molecule has 0 aromatic heterocycles. The van der Waals surface area contributed by atoms with Gasteiger partial charge in [-0.25, -0.2) is 0 Å². The molecule has 1 spiro atoms. The second-order valence-corrected chi connectivity index (χ2v) is 7.73. The number of ketones is 1. The van der Waals surface area contributed by atoms with Crippen molar-refractivity contribution < 1.29 is 39.1 Å². The number of hydrogen-bond acceptors (Lipinski definition) is 8. The number of ether oxygens (including phenoxy) is 3. The fourth-order valence-electron chi connectivity index (χ4n) is 5.22. The summed E-state index contributed by atoms with van der Waals surface area (Å²) in [6, 6.07) is 0. The first-order chi connectivity index (χ1) is 11.6. The highest BCUT2D eigenvalue weighted by Gasteiger charge is 2.86. The highest BCUT2D eigenvalue weighted by atomic mass is 16.6. The molecule has 2 saturated heterocycles. The topological polar surface area (TPSA) is 126 Å². The average Bonchev–Trinajstić information content (AvgIpc) is 3.34. The van der Waals surface area contributed by atoms with Crippen LogP contribution in [0.15, 0.2) is 11.6 Å². The molecule has 1 unspecified atom stereocenters. The Morgan fingerprint density at radius 1 is 1.40 bits per heavy atom. The van der Waals surface area contributed by atoms with E-state index in [-0.39, 0.29) is 13.2 Å². The van der Waals surface area contributed by atoms with E-state index in [0.717, 1.165) is 0 Å². The molecule has 4 aliphatic rings. The van der Waals surface area contributed by atoms with Crippen molar-refractivity contribution in [3.63, 3.8) is 0 Å². The lowest BCUT2D eigenvalue weighted by atomic mass is 9.50. The van der Waals surface area contributed by atoms with Gasteiger partial charge >= 0.3 is 5.97 Å². The summed E-state index contributed by atoms with van der Waals surface area (Å²) in [5.74, 6) is -1.10. The van der Waals surface area contributed by atoms with E-state index in [0.29, 0.717) is 5.57 Å². The van der Waals surface area contributed by atoms with Crippen molar-refractivity contribution in [1.29, 1.82) is 0 Å². The molecule has 2 heterocycles. The second kappa shape index (κ2) is 4.89. The summed E-state index contributed by atoms with van der Waals surface area (Å²) in [7, 11) is 0. The zero-order chi connectivity index (χ0) is 18.4. The minimum absolute atomic E-state index is 0.223. The van der Waals surface area contributed by atoms with Crippen LogP contribution in [-0.4, -0.2) is 76.4 Å². The predicted octanol–water partition coefficient (Wildman–Crippen LogP) is -1.30. The fraction of sp³-hybridized carbons (Fsp3) is 0.765. The summed E-state index contributed by atoms with van der Waals surface area (Å²) in [4.78, 5) is 24.0. The van der Waals surface area contributed by atoms with Gasteiger partial charge in [0, 0.05) is 12.3 Å². The lowest BCUT2D eigenvalue weighted by Gasteiger charge is -2.58. The van der Waals surface area contributed by atoms with Gasteiger partial charge < -0.3 is 29.5 Å². The van der Waals surface area contributed by atoms with E-state index in [1.165, 1.54) is 6.92 Å². The second-order valence-electron chi connectivity index (χ2n) is 7.73. The van der Waals surface area contributed by atoms with Crippen molar-refractivity contribution in [2.24, 2.45) is 10.8 Å². The molecule has 3 N–H and O–H groups in total. The maximum Gasteiger partial charge on any atom is 0.302 e. The predicted molar refractivity (Wildman–Crippen MR) is 81.3 cm³/mol. The number of rotatable bonds is 2. The molecular weight excluding hydrogens is 332 g/mol. The van der Waals surface area contributed by atoms with Gasteiger partial charge in [-0.15, -0.1) is 0 Å². The zero-order valence-electron chi connectivity index (χ0n) is 14.3. The third kappa shape index (κ3) is 1.69. The first-order valence-corrected chi connectivity index (χ1v) is 8.33. The van der Waals surface area contributed by atoms with Crippen LogP contribution in [0, 0.1) is 10.8 Å². The molecule has 138 valence electrons. The van der Waals surface area contributed by atoms with Crippen molar-refractivity contribution in [3.8, 4) is 0 Å². The molecule has 0 radical (unpaired) electrons. The van der Waals surface area contributed by atoms with Gasteiger partial charge in [-0.2, -0.15) is 0 Å². The van der Waals surface area contributed by atoms with Gasteiger partial charge in [0.25, 0.3) is 0 Å². The van der Waals surface area contributed by atoms with E-state index in [4.69, 9.17) is 14.2 Å². The quantitative estimate of drug-likeness (QED) is 0.413. The lowest BCUT2D eigenvalue weighted by Crippen LogP contribution is -2.72. The van der Waals surface area contributed by atoms with E-state index in [9.17, 15) is 24.9 Å². The van der Waals surface area contributed by atoms with Crippen molar-refractivity contribution in [3.05, 3.63) is 11.6 Å². The SMILES string of the molecule is CC(=O)OC[C@]12[C@H](C=C(C)C(=O)[C@@H]1O)O[C@H]1[C@@H](O)[C@@H](O)[C@]2(C)C12CO2. The van der Waals surface area contributed by atoms with E-state index in [1.807, 2.05) is 0 Å². The standard InChI is InChI=1S/C17H22O8/c1-7-4-9-16(5-23-8(2)18,13(22)10(7)19)15(3)12(21)11(20)14(25-9)17(15)6-24-17/h4,9,11-14,20-22H,5-6H2,1-3H3/t9-,11-,12+,13-,14-,15-,16-,17?/m0/s1. The summed E-state index contributed by atoms with van der Waals surface area (Å²) >= 11 is 0. The number of aliphatic hydroxyl groups excluding tert-OH is 3. The average molecular weight is 354 g/mol. The number of carbonyl (C=O) groups excluding carboxylic acids is 2. The largest absolute Gasteiger partial charge is 0.465 e. The van der Waals surface area contributed by atoms with E-state index in [2.05, 4.69) is 0 Å². The molecule has 4 rings (SSSR count). The number of hydrogen-bond donors (Lipinski definition) is 3. The molecular formula is C17H22O8.